The van der Waals surface area contributed by atoms with Gasteiger partial charge in [0.15, 0.2) is 0 Å². The van der Waals surface area contributed by atoms with Gasteiger partial charge >= 0.3 is 0 Å². The Morgan fingerprint density at radius 3 is 0.882 bits per heavy atom. The molecule has 4 nitrogen and oxygen atoms in total. The summed E-state index contributed by atoms with van der Waals surface area (Å²) in [5.41, 5.74) is 27.8. The number of benzene rings is 17. The maximum atomic E-state index is 7.32. The molecule has 0 fully saturated rings. The van der Waals surface area contributed by atoms with Crippen LogP contribution in [0.1, 0.15) is 0 Å². The van der Waals surface area contributed by atoms with Crippen molar-refractivity contribution in [2.45, 2.75) is 0 Å². The second-order valence-corrected chi connectivity index (χ2v) is 26.3. The van der Waals surface area contributed by atoms with Crippen LogP contribution in [0.2, 0.25) is 0 Å². The Kier molecular flexibility index (Phi) is 14.9. The van der Waals surface area contributed by atoms with Crippen molar-refractivity contribution in [3.63, 3.8) is 0 Å². The van der Waals surface area contributed by atoms with E-state index in [4.69, 9.17) is 8.83 Å². The Hall–Kier alpha value is -13.5. The fraction of sp³-hybridized carbons (Fsp3) is 0. The third-order valence-electron chi connectivity index (χ3n) is 20.3. The fourth-order valence-corrected chi connectivity index (χ4v) is 15.2. The second kappa shape index (κ2) is 25.4. The monoisotopic (exact) mass is 1300 g/mol. The summed E-state index contributed by atoms with van der Waals surface area (Å²) >= 11 is 0. The Morgan fingerprint density at radius 1 is 0.157 bits per heavy atom. The molecular formula is C98H64N2O2. The number of nitrogens with zero attached hydrogens (tertiary/aromatic N) is 2. The van der Waals surface area contributed by atoms with Gasteiger partial charge in [0.1, 0.15) is 22.3 Å². The van der Waals surface area contributed by atoms with Crippen molar-refractivity contribution < 1.29 is 8.83 Å². The highest BCUT2D eigenvalue weighted by Gasteiger charge is 2.25. The molecule has 0 spiro atoms. The topological polar surface area (TPSA) is 32.8 Å². The largest absolute Gasteiger partial charge is 0.455 e. The highest BCUT2D eigenvalue weighted by atomic mass is 16.3. The average Bonchev–Trinajstić information content (AvgIpc) is 1.50. The van der Waals surface area contributed by atoms with Gasteiger partial charge in [0, 0.05) is 77.3 Å². The third-order valence-corrected chi connectivity index (χ3v) is 20.3. The molecule has 0 atom stereocenters. The van der Waals surface area contributed by atoms with E-state index in [1.807, 2.05) is 0 Å². The Balaban J connectivity index is 0.671. The predicted octanol–water partition coefficient (Wildman–Crippen LogP) is 28.1. The minimum absolute atomic E-state index is 0.847. The second-order valence-electron chi connectivity index (χ2n) is 26.3. The molecule has 0 N–H and O–H groups in total. The van der Waals surface area contributed by atoms with Crippen LogP contribution in [0, 0.1) is 0 Å². The lowest BCUT2D eigenvalue weighted by Gasteiger charge is -2.28. The SMILES string of the molecule is c1ccc(-c2ccc(N(c3ccc(-c4cccc(-c5ccc6ccc7c8cccc(-c9ccccc9N(c9ccc(-c%10ccccc%10)cc9)c9ccc(-c%10cccc(-c%11ccccc%11)c%10)cc9)c8oc7c6c5)c4)cc3)c3ccccc3-c3cccc4c3oc3c5ccccc5ccc43)cc2)cc1. The normalized spacial score (nSPS) is 11.5. The van der Waals surface area contributed by atoms with Crippen molar-refractivity contribution in [2.75, 3.05) is 9.80 Å². The van der Waals surface area contributed by atoms with E-state index in [9.17, 15) is 0 Å². The van der Waals surface area contributed by atoms with E-state index in [2.05, 4.69) is 398 Å². The zero-order valence-electron chi connectivity index (χ0n) is 55.7. The number of hydrogen-bond donors (Lipinski definition) is 0. The van der Waals surface area contributed by atoms with E-state index in [-0.39, 0.29) is 0 Å². The number of rotatable bonds is 14. The summed E-state index contributed by atoms with van der Waals surface area (Å²) in [5.74, 6) is 0. The van der Waals surface area contributed by atoms with Gasteiger partial charge in [-0.25, -0.2) is 0 Å². The Bertz CT molecular complexity index is 6340. The molecule has 17 aromatic carbocycles. The molecule has 0 unspecified atom stereocenters. The summed E-state index contributed by atoms with van der Waals surface area (Å²) in [5, 5.41) is 8.79. The first-order valence-corrected chi connectivity index (χ1v) is 34.8. The standard InChI is InChI=1S/C98H64N2O2/c1-4-20-65(21-5-1)68-42-52-79(53-43-68)99(93-38-14-12-32-84(93)86-34-18-36-88-90-60-50-72-26-10-11-31-83(72)95(90)101-96(86)88)82-58-48-71(49-59-82)76-29-17-30-77(63-76)78-41-40-73-51-61-91-89-37-19-35-87(97(89)102-98(91)92(73)64-78)85-33-13-15-39-94(85)100(80-54-44-69(45-55-80)66-22-6-2-7-23-66)81-56-46-70(47-57-81)75-28-16-27-74(62-75)67-24-8-3-9-25-67/h1-64H. The molecule has 4 heteroatoms. The summed E-state index contributed by atoms with van der Waals surface area (Å²) in [6.45, 7) is 0. The third kappa shape index (κ3) is 10.7. The van der Waals surface area contributed by atoms with Gasteiger partial charge in [-0.1, -0.05) is 297 Å². The number of furan rings is 2. The maximum absolute atomic E-state index is 7.32. The summed E-state index contributed by atoms with van der Waals surface area (Å²) in [6, 6.07) is 140. The van der Waals surface area contributed by atoms with Gasteiger partial charge in [-0.2, -0.15) is 0 Å². The number of fused-ring (bicyclic) bond motifs is 10. The van der Waals surface area contributed by atoms with Crippen molar-refractivity contribution >= 4 is 99.5 Å². The van der Waals surface area contributed by atoms with Crippen LogP contribution in [0.15, 0.2) is 397 Å². The van der Waals surface area contributed by atoms with Gasteiger partial charge in [-0.3, -0.25) is 0 Å². The molecular weight excluding hydrogens is 1240 g/mol. The van der Waals surface area contributed by atoms with Gasteiger partial charge in [0.25, 0.3) is 0 Å². The number of hydrogen-bond acceptors (Lipinski definition) is 4. The van der Waals surface area contributed by atoms with Gasteiger partial charge < -0.3 is 18.6 Å². The van der Waals surface area contributed by atoms with E-state index in [0.29, 0.717) is 0 Å². The van der Waals surface area contributed by atoms with Crippen LogP contribution in [0.4, 0.5) is 34.1 Å². The van der Waals surface area contributed by atoms with Crippen LogP contribution >= 0.6 is 0 Å². The van der Waals surface area contributed by atoms with Crippen molar-refractivity contribution in [1.29, 1.82) is 0 Å². The van der Waals surface area contributed by atoms with Crippen molar-refractivity contribution in [1.82, 2.24) is 0 Å². The minimum Gasteiger partial charge on any atom is -0.455 e. The minimum atomic E-state index is 0.847. The van der Waals surface area contributed by atoms with Crippen LogP contribution < -0.4 is 9.80 Å². The van der Waals surface area contributed by atoms with Crippen molar-refractivity contribution in [3.8, 4) is 89.0 Å². The van der Waals surface area contributed by atoms with Gasteiger partial charge in [0.2, 0.25) is 0 Å². The zero-order valence-corrected chi connectivity index (χ0v) is 55.7. The van der Waals surface area contributed by atoms with Crippen LogP contribution in [-0.4, -0.2) is 0 Å². The van der Waals surface area contributed by atoms with Crippen LogP contribution in [-0.2, 0) is 0 Å². The summed E-state index contributed by atoms with van der Waals surface area (Å²) in [4.78, 5) is 4.76. The van der Waals surface area contributed by atoms with Gasteiger partial charge in [0.05, 0.1) is 11.4 Å². The first kappa shape index (κ1) is 59.7. The molecule has 19 aromatic rings. The Labute approximate surface area is 591 Å². The highest BCUT2D eigenvalue weighted by Crippen LogP contribution is 2.49. The lowest BCUT2D eigenvalue weighted by Crippen LogP contribution is -2.11. The Morgan fingerprint density at radius 2 is 0.431 bits per heavy atom. The smallest absolute Gasteiger partial charge is 0.143 e. The molecule has 478 valence electrons. The van der Waals surface area contributed by atoms with Crippen LogP contribution in [0.3, 0.4) is 0 Å². The van der Waals surface area contributed by atoms with E-state index < -0.39 is 0 Å². The van der Waals surface area contributed by atoms with Crippen molar-refractivity contribution in [3.05, 3.63) is 388 Å². The zero-order chi connectivity index (χ0) is 67.5. The first-order valence-electron chi connectivity index (χ1n) is 34.8. The summed E-state index contributed by atoms with van der Waals surface area (Å²) < 4.78 is 14.3. The number of para-hydroxylation sites is 4. The lowest BCUT2D eigenvalue weighted by molar-refractivity contribution is 0.673. The molecule has 0 aliphatic rings. The van der Waals surface area contributed by atoms with Crippen LogP contribution in [0.25, 0.3) is 154 Å². The summed E-state index contributed by atoms with van der Waals surface area (Å²) in [6.07, 6.45) is 0. The lowest BCUT2D eigenvalue weighted by atomic mass is 9.96. The number of anilines is 6. The first-order chi connectivity index (χ1) is 50.6. The highest BCUT2D eigenvalue weighted by molar-refractivity contribution is 6.19. The summed E-state index contributed by atoms with van der Waals surface area (Å²) in [7, 11) is 0. The predicted molar refractivity (Wildman–Crippen MR) is 429 cm³/mol. The molecule has 0 aliphatic carbocycles. The van der Waals surface area contributed by atoms with E-state index in [1.54, 1.807) is 0 Å². The van der Waals surface area contributed by atoms with Gasteiger partial charge in [-0.15, -0.1) is 0 Å². The molecule has 0 amide bonds. The average molecular weight is 1300 g/mol. The molecule has 2 aromatic heterocycles. The van der Waals surface area contributed by atoms with E-state index in [1.165, 1.54) is 27.8 Å². The molecule has 19 rings (SSSR count). The van der Waals surface area contributed by atoms with Crippen LogP contribution in [0.5, 0.6) is 0 Å². The molecule has 0 aliphatic heterocycles. The van der Waals surface area contributed by atoms with E-state index in [0.717, 1.165) is 161 Å². The quantitative estimate of drug-likeness (QED) is 0.109. The van der Waals surface area contributed by atoms with Crippen molar-refractivity contribution in [2.24, 2.45) is 0 Å². The molecule has 0 radical (unpaired) electrons. The van der Waals surface area contributed by atoms with Gasteiger partial charge in [-0.05, 0) is 169 Å². The van der Waals surface area contributed by atoms with E-state index >= 15 is 0 Å². The molecule has 102 heavy (non-hydrogen) atoms. The molecule has 2 heterocycles. The molecule has 0 saturated carbocycles. The fourth-order valence-electron chi connectivity index (χ4n) is 15.2. The molecule has 0 bridgehead atoms. The maximum Gasteiger partial charge on any atom is 0.143 e. The molecule has 0 saturated heterocycles.